The number of ether oxygens (including phenoxy) is 1. The van der Waals surface area contributed by atoms with Crippen LogP contribution < -0.4 is 0 Å². The van der Waals surface area contributed by atoms with Crippen LogP contribution in [0.15, 0.2) is 12.3 Å². The Labute approximate surface area is 153 Å². The van der Waals surface area contributed by atoms with Gasteiger partial charge in [-0.3, -0.25) is 9.59 Å². The second-order valence-corrected chi connectivity index (χ2v) is 7.26. The third kappa shape index (κ3) is 9.66. The van der Waals surface area contributed by atoms with Gasteiger partial charge >= 0.3 is 11.9 Å². The number of carboxylic acid groups (broad SMARTS) is 1. The third-order valence-electron chi connectivity index (χ3n) is 5.14. The van der Waals surface area contributed by atoms with Crippen LogP contribution >= 0.6 is 0 Å². The fraction of sp³-hybridized carbons (Fsp3) is 0.810. The summed E-state index contributed by atoms with van der Waals surface area (Å²) in [5.41, 5.74) is 0. The summed E-state index contributed by atoms with van der Waals surface area (Å²) in [5.74, 6) is -2.31. The van der Waals surface area contributed by atoms with E-state index in [1.165, 1.54) is 57.6 Å². The molecule has 0 aromatic rings. The lowest BCUT2D eigenvalue weighted by atomic mass is 9.79. The van der Waals surface area contributed by atoms with Gasteiger partial charge in [0.1, 0.15) is 0 Å². The minimum Gasteiger partial charge on any atom is -0.481 e. The van der Waals surface area contributed by atoms with E-state index in [0.29, 0.717) is 12.8 Å². The molecule has 0 aliphatic heterocycles. The number of esters is 1. The van der Waals surface area contributed by atoms with Crippen molar-refractivity contribution in [1.29, 1.82) is 0 Å². The summed E-state index contributed by atoms with van der Waals surface area (Å²) in [6.45, 7) is 2.24. The molecule has 1 rings (SSSR count). The molecule has 2 atom stereocenters. The van der Waals surface area contributed by atoms with Gasteiger partial charge < -0.3 is 9.84 Å². The van der Waals surface area contributed by atoms with Crippen LogP contribution in [-0.2, 0) is 14.3 Å². The summed E-state index contributed by atoms with van der Waals surface area (Å²) in [6.07, 6.45) is 18.9. The molecule has 0 aromatic carbocycles. The van der Waals surface area contributed by atoms with E-state index in [9.17, 15) is 14.7 Å². The van der Waals surface area contributed by atoms with Gasteiger partial charge in [0.15, 0.2) is 0 Å². The van der Waals surface area contributed by atoms with E-state index < -0.39 is 17.8 Å². The Morgan fingerprint density at radius 1 is 0.920 bits per heavy atom. The molecule has 1 saturated carbocycles. The lowest BCUT2D eigenvalue weighted by molar-refractivity contribution is -0.156. The highest BCUT2D eigenvalue weighted by atomic mass is 16.5. The van der Waals surface area contributed by atoms with Gasteiger partial charge in [-0.05, 0) is 31.8 Å². The molecule has 0 radical (unpaired) electrons. The Morgan fingerprint density at radius 2 is 1.48 bits per heavy atom. The number of carboxylic acids is 1. The zero-order valence-corrected chi connectivity index (χ0v) is 15.9. The first kappa shape index (κ1) is 21.7. The standard InChI is InChI=1S/C21H36O4/c1-2-3-4-5-6-7-8-9-10-11-14-17-25-21(24)19-16-13-12-15-18(19)20(22)23/h14,17-19H,2-13,15-16H2,1H3,(H,22,23)/b17-14+. The lowest BCUT2D eigenvalue weighted by Crippen LogP contribution is -2.33. The van der Waals surface area contributed by atoms with Gasteiger partial charge in [0.25, 0.3) is 0 Å². The van der Waals surface area contributed by atoms with E-state index in [0.717, 1.165) is 25.7 Å². The third-order valence-corrected chi connectivity index (χ3v) is 5.14. The molecular weight excluding hydrogens is 316 g/mol. The first-order valence-corrected chi connectivity index (χ1v) is 10.2. The van der Waals surface area contributed by atoms with Crippen LogP contribution in [0.5, 0.6) is 0 Å². The van der Waals surface area contributed by atoms with Gasteiger partial charge in [-0.25, -0.2) is 0 Å². The maximum Gasteiger partial charge on any atom is 0.314 e. The second kappa shape index (κ2) is 13.9. The quantitative estimate of drug-likeness (QED) is 0.256. The van der Waals surface area contributed by atoms with Crippen LogP contribution in [0, 0.1) is 11.8 Å². The molecule has 4 heteroatoms. The van der Waals surface area contributed by atoms with Crippen molar-refractivity contribution < 1.29 is 19.4 Å². The molecule has 0 bridgehead atoms. The molecule has 1 N–H and O–H groups in total. The Morgan fingerprint density at radius 3 is 2.08 bits per heavy atom. The molecule has 0 saturated heterocycles. The van der Waals surface area contributed by atoms with Gasteiger partial charge in [0.05, 0.1) is 18.1 Å². The summed E-state index contributed by atoms with van der Waals surface area (Å²) in [4.78, 5) is 23.3. The lowest BCUT2D eigenvalue weighted by Gasteiger charge is -2.25. The monoisotopic (exact) mass is 352 g/mol. The van der Waals surface area contributed by atoms with Crippen molar-refractivity contribution in [3.05, 3.63) is 12.3 Å². The number of hydrogen-bond donors (Lipinski definition) is 1. The van der Waals surface area contributed by atoms with E-state index in [1.54, 1.807) is 0 Å². The molecule has 25 heavy (non-hydrogen) atoms. The average Bonchev–Trinajstić information content (AvgIpc) is 2.62. The minimum absolute atomic E-state index is 0.379. The molecule has 0 heterocycles. The molecule has 1 aliphatic rings. The summed E-state index contributed by atoms with van der Waals surface area (Å²) >= 11 is 0. The fourth-order valence-corrected chi connectivity index (χ4v) is 3.55. The number of aliphatic carboxylic acids is 1. The van der Waals surface area contributed by atoms with Gasteiger partial charge in [-0.2, -0.15) is 0 Å². The summed E-state index contributed by atoms with van der Waals surface area (Å²) in [6, 6.07) is 0. The smallest absolute Gasteiger partial charge is 0.314 e. The van der Waals surface area contributed by atoms with Gasteiger partial charge in [-0.15, -0.1) is 0 Å². The molecule has 144 valence electrons. The Bertz CT molecular complexity index is 403. The number of carbonyl (C=O) groups excluding carboxylic acids is 1. The summed E-state index contributed by atoms with van der Waals surface area (Å²) in [7, 11) is 0. The van der Waals surface area contributed by atoms with Crippen LogP contribution in [0.3, 0.4) is 0 Å². The van der Waals surface area contributed by atoms with Crippen LogP contribution in [0.1, 0.15) is 96.8 Å². The van der Waals surface area contributed by atoms with E-state index >= 15 is 0 Å². The molecule has 1 aliphatic carbocycles. The number of hydrogen-bond acceptors (Lipinski definition) is 3. The van der Waals surface area contributed by atoms with Crippen molar-refractivity contribution in [3.63, 3.8) is 0 Å². The van der Waals surface area contributed by atoms with Gasteiger partial charge in [-0.1, -0.05) is 71.1 Å². The molecule has 0 spiro atoms. The molecule has 0 aromatic heterocycles. The maximum absolute atomic E-state index is 12.1. The number of allylic oxidation sites excluding steroid dienone is 1. The molecule has 2 unspecified atom stereocenters. The fourth-order valence-electron chi connectivity index (χ4n) is 3.55. The number of carbonyl (C=O) groups is 2. The van der Waals surface area contributed by atoms with Crippen molar-refractivity contribution in [1.82, 2.24) is 0 Å². The number of unbranched alkanes of at least 4 members (excludes halogenated alkanes) is 9. The number of rotatable bonds is 13. The first-order valence-electron chi connectivity index (χ1n) is 10.2. The zero-order valence-electron chi connectivity index (χ0n) is 15.9. The summed E-state index contributed by atoms with van der Waals surface area (Å²) in [5, 5.41) is 9.20. The predicted molar refractivity (Wildman–Crippen MR) is 100 cm³/mol. The Kier molecular flexibility index (Phi) is 12.1. The van der Waals surface area contributed by atoms with Crippen molar-refractivity contribution in [2.75, 3.05) is 0 Å². The second-order valence-electron chi connectivity index (χ2n) is 7.26. The van der Waals surface area contributed by atoms with E-state index in [2.05, 4.69) is 6.92 Å². The van der Waals surface area contributed by atoms with Gasteiger partial charge in [0.2, 0.25) is 0 Å². The molecule has 1 fully saturated rings. The van der Waals surface area contributed by atoms with Crippen molar-refractivity contribution in [2.24, 2.45) is 11.8 Å². The Hall–Kier alpha value is -1.32. The van der Waals surface area contributed by atoms with E-state index in [4.69, 9.17) is 4.74 Å². The normalized spacial score (nSPS) is 20.7. The highest BCUT2D eigenvalue weighted by Crippen LogP contribution is 2.31. The van der Waals surface area contributed by atoms with Crippen LogP contribution in [0.4, 0.5) is 0 Å². The average molecular weight is 353 g/mol. The van der Waals surface area contributed by atoms with Crippen molar-refractivity contribution >= 4 is 11.9 Å². The van der Waals surface area contributed by atoms with Crippen molar-refractivity contribution in [2.45, 2.75) is 96.8 Å². The van der Waals surface area contributed by atoms with Crippen LogP contribution in [0.25, 0.3) is 0 Å². The first-order chi connectivity index (χ1) is 12.2. The Balaban J connectivity index is 2.05. The van der Waals surface area contributed by atoms with E-state index in [1.807, 2.05) is 6.08 Å². The molecule has 0 amide bonds. The van der Waals surface area contributed by atoms with Crippen LogP contribution in [0.2, 0.25) is 0 Å². The van der Waals surface area contributed by atoms with Gasteiger partial charge in [0, 0.05) is 0 Å². The zero-order chi connectivity index (χ0) is 18.3. The van der Waals surface area contributed by atoms with Crippen LogP contribution in [-0.4, -0.2) is 17.0 Å². The highest BCUT2D eigenvalue weighted by molar-refractivity contribution is 5.81. The highest BCUT2D eigenvalue weighted by Gasteiger charge is 2.36. The van der Waals surface area contributed by atoms with E-state index in [-0.39, 0.29) is 5.97 Å². The predicted octanol–water partition coefficient (Wildman–Crippen LogP) is 5.86. The SMILES string of the molecule is CCCCCCCCCCC/C=C/OC(=O)C1CCCCC1C(=O)O. The van der Waals surface area contributed by atoms with Crippen molar-refractivity contribution in [3.8, 4) is 0 Å². The largest absolute Gasteiger partial charge is 0.481 e. The maximum atomic E-state index is 12.1. The topological polar surface area (TPSA) is 63.6 Å². The summed E-state index contributed by atoms with van der Waals surface area (Å²) < 4.78 is 5.16. The minimum atomic E-state index is -0.875. The molecular formula is C21H36O4. The molecule has 4 nitrogen and oxygen atoms in total.